The van der Waals surface area contributed by atoms with Crippen molar-refractivity contribution in [1.29, 1.82) is 0 Å². The van der Waals surface area contributed by atoms with Gasteiger partial charge in [0.1, 0.15) is 0 Å². The van der Waals surface area contributed by atoms with Gasteiger partial charge in [-0.2, -0.15) is 0 Å². The quantitative estimate of drug-likeness (QED) is 0.323. The second kappa shape index (κ2) is 6.16. The van der Waals surface area contributed by atoms with Crippen molar-refractivity contribution in [2.75, 3.05) is 0 Å². The van der Waals surface area contributed by atoms with Gasteiger partial charge in [-0.3, -0.25) is 0 Å². The van der Waals surface area contributed by atoms with Crippen molar-refractivity contribution in [2.24, 2.45) is 0 Å². The molecule has 121 valence electrons. The van der Waals surface area contributed by atoms with Crippen molar-refractivity contribution < 1.29 is 0 Å². The van der Waals surface area contributed by atoms with Crippen molar-refractivity contribution in [1.82, 2.24) is 0 Å². The maximum atomic E-state index is 3.66. The summed E-state index contributed by atoms with van der Waals surface area (Å²) >= 11 is 0. The number of fused-ring (bicyclic) bond motifs is 2. The Bertz CT molecular complexity index is 1130. The Kier molecular flexibility index (Phi) is 3.54. The van der Waals surface area contributed by atoms with Gasteiger partial charge < -0.3 is 0 Å². The second-order valence-electron chi connectivity index (χ2n) is 6.53. The maximum absolute atomic E-state index is 3.66. The van der Waals surface area contributed by atoms with Crippen LogP contribution in [0.15, 0.2) is 103 Å². The van der Waals surface area contributed by atoms with Crippen LogP contribution in [0.3, 0.4) is 0 Å². The molecule has 0 saturated carbocycles. The predicted octanol–water partition coefficient (Wildman–Crippen LogP) is 7.13. The smallest absolute Gasteiger partial charge is 0.00139 e. The molecule has 1 radical (unpaired) electrons. The number of hydrogen-bond donors (Lipinski definition) is 0. The van der Waals surface area contributed by atoms with E-state index in [0.29, 0.717) is 0 Å². The molecule has 0 unspecified atom stereocenters. The molecule has 5 aromatic carbocycles. The Morgan fingerprint density at radius 2 is 0.808 bits per heavy atom. The third kappa shape index (κ3) is 2.48. The average molecular weight is 329 g/mol. The van der Waals surface area contributed by atoms with Crippen molar-refractivity contribution in [2.45, 2.75) is 0 Å². The minimum atomic E-state index is 1.13. The van der Waals surface area contributed by atoms with Gasteiger partial charge in [-0.25, -0.2) is 0 Å². The van der Waals surface area contributed by atoms with Crippen LogP contribution in [0.5, 0.6) is 0 Å². The van der Waals surface area contributed by atoms with E-state index in [-0.39, 0.29) is 0 Å². The summed E-state index contributed by atoms with van der Waals surface area (Å²) < 4.78 is 0. The molecule has 0 saturated heterocycles. The van der Waals surface area contributed by atoms with E-state index in [1.807, 2.05) is 0 Å². The van der Waals surface area contributed by atoms with Crippen LogP contribution in [0.1, 0.15) is 0 Å². The van der Waals surface area contributed by atoms with Crippen molar-refractivity contribution >= 4 is 21.5 Å². The van der Waals surface area contributed by atoms with Crippen LogP contribution in [-0.4, -0.2) is 0 Å². The highest BCUT2D eigenvalue weighted by Crippen LogP contribution is 2.33. The molecule has 0 heteroatoms. The number of benzene rings is 5. The first-order valence-corrected chi connectivity index (χ1v) is 8.89. The van der Waals surface area contributed by atoms with Gasteiger partial charge in [0, 0.05) is 0 Å². The van der Waals surface area contributed by atoms with Gasteiger partial charge in [-0.05, 0) is 49.9 Å². The van der Waals surface area contributed by atoms with Crippen LogP contribution in [0.4, 0.5) is 0 Å². The van der Waals surface area contributed by atoms with Crippen LogP contribution in [0.25, 0.3) is 43.8 Å². The van der Waals surface area contributed by atoms with Crippen molar-refractivity contribution in [3.8, 4) is 22.3 Å². The molecule has 5 aromatic rings. The Morgan fingerprint density at radius 1 is 0.385 bits per heavy atom. The molecule has 0 atom stereocenters. The summed E-state index contributed by atoms with van der Waals surface area (Å²) in [7, 11) is 0. The van der Waals surface area contributed by atoms with Crippen LogP contribution in [0.2, 0.25) is 0 Å². The first-order valence-electron chi connectivity index (χ1n) is 8.89. The third-order valence-corrected chi connectivity index (χ3v) is 4.95. The summed E-state index contributed by atoms with van der Waals surface area (Å²) in [5.41, 5.74) is 4.72. The normalized spacial score (nSPS) is 11.1. The second-order valence-corrected chi connectivity index (χ2v) is 6.53. The molecule has 0 N–H and O–H groups in total. The lowest BCUT2D eigenvalue weighted by molar-refractivity contribution is 1.61. The van der Waals surface area contributed by atoms with Crippen LogP contribution in [-0.2, 0) is 0 Å². The van der Waals surface area contributed by atoms with E-state index < -0.39 is 0 Å². The van der Waals surface area contributed by atoms with Gasteiger partial charge in [-0.15, -0.1) is 0 Å². The van der Waals surface area contributed by atoms with E-state index in [2.05, 4.69) is 109 Å². The van der Waals surface area contributed by atoms with E-state index in [4.69, 9.17) is 0 Å². The Hall–Kier alpha value is -3.38. The highest BCUT2D eigenvalue weighted by Gasteiger charge is 2.08. The molecule has 26 heavy (non-hydrogen) atoms. The summed E-state index contributed by atoms with van der Waals surface area (Å²) in [6.07, 6.45) is 0. The zero-order chi connectivity index (χ0) is 17.3. The van der Waals surface area contributed by atoms with Gasteiger partial charge in [0.05, 0.1) is 0 Å². The highest BCUT2D eigenvalue weighted by molar-refractivity contribution is 5.99. The lowest BCUT2D eigenvalue weighted by atomic mass is 9.93. The first-order chi connectivity index (χ1) is 12.9. The van der Waals surface area contributed by atoms with Gasteiger partial charge in [0.2, 0.25) is 0 Å². The SMILES string of the molecule is [c]1c(-c2cccc3ccccc23)cccc1-c1cccc2ccccc12. The Labute approximate surface area is 153 Å². The number of rotatable bonds is 2. The summed E-state index contributed by atoms with van der Waals surface area (Å²) in [6.45, 7) is 0. The summed E-state index contributed by atoms with van der Waals surface area (Å²) in [5.74, 6) is 0. The van der Waals surface area contributed by atoms with E-state index in [0.717, 1.165) is 11.1 Å². The molecule has 0 aliphatic rings. The molecular weight excluding hydrogens is 312 g/mol. The average Bonchev–Trinajstić information content (AvgIpc) is 2.73. The first kappa shape index (κ1) is 14.9. The molecule has 0 bridgehead atoms. The van der Waals surface area contributed by atoms with Gasteiger partial charge in [0.25, 0.3) is 0 Å². The molecular formula is C26H17. The van der Waals surface area contributed by atoms with E-state index in [1.165, 1.54) is 32.7 Å². The zero-order valence-electron chi connectivity index (χ0n) is 14.3. The molecule has 0 spiro atoms. The largest absolute Gasteiger partial charge is 0.0616 e. The molecule has 0 aliphatic heterocycles. The zero-order valence-corrected chi connectivity index (χ0v) is 14.3. The van der Waals surface area contributed by atoms with Gasteiger partial charge in [-0.1, -0.05) is 103 Å². The van der Waals surface area contributed by atoms with Crippen molar-refractivity contribution in [3.63, 3.8) is 0 Å². The monoisotopic (exact) mass is 329 g/mol. The summed E-state index contributed by atoms with van der Waals surface area (Å²) in [5, 5.41) is 5.05. The fourth-order valence-corrected chi connectivity index (χ4v) is 3.70. The number of hydrogen-bond acceptors (Lipinski definition) is 0. The minimum absolute atomic E-state index is 1.13. The molecule has 5 rings (SSSR count). The van der Waals surface area contributed by atoms with Crippen LogP contribution in [0, 0.1) is 6.07 Å². The molecule has 0 aliphatic carbocycles. The van der Waals surface area contributed by atoms with E-state index in [9.17, 15) is 0 Å². The third-order valence-electron chi connectivity index (χ3n) is 4.95. The molecule has 0 aromatic heterocycles. The molecule has 0 nitrogen and oxygen atoms in total. The van der Waals surface area contributed by atoms with E-state index >= 15 is 0 Å². The van der Waals surface area contributed by atoms with Crippen LogP contribution >= 0.6 is 0 Å². The predicted molar refractivity (Wildman–Crippen MR) is 111 cm³/mol. The molecule has 0 amide bonds. The Balaban J connectivity index is 1.72. The van der Waals surface area contributed by atoms with Crippen molar-refractivity contribution in [3.05, 3.63) is 109 Å². The molecule has 0 heterocycles. The minimum Gasteiger partial charge on any atom is -0.0616 e. The van der Waals surface area contributed by atoms with E-state index in [1.54, 1.807) is 0 Å². The van der Waals surface area contributed by atoms with Gasteiger partial charge >= 0.3 is 0 Å². The standard InChI is InChI=1S/C26H17/c1-3-14-23-19(8-1)10-6-16-25(23)21-12-5-13-22(18-21)26-17-7-11-20-9-2-4-15-24(20)26/h1-17H. The molecule has 0 fully saturated rings. The summed E-state index contributed by atoms with van der Waals surface area (Å²) in [4.78, 5) is 0. The van der Waals surface area contributed by atoms with Gasteiger partial charge in [0.15, 0.2) is 0 Å². The Morgan fingerprint density at radius 3 is 1.35 bits per heavy atom. The lowest BCUT2D eigenvalue weighted by Gasteiger charge is -2.10. The van der Waals surface area contributed by atoms with Crippen LogP contribution < -0.4 is 0 Å². The highest BCUT2D eigenvalue weighted by atomic mass is 14.1. The lowest BCUT2D eigenvalue weighted by Crippen LogP contribution is -1.85. The topological polar surface area (TPSA) is 0 Å². The fourth-order valence-electron chi connectivity index (χ4n) is 3.70. The maximum Gasteiger partial charge on any atom is -0.00139 e. The fraction of sp³-hybridized carbons (Fsp3) is 0. The summed E-state index contributed by atoms with van der Waals surface area (Å²) in [6, 6.07) is 40.1.